The molecule has 2 amide bonds. The summed E-state index contributed by atoms with van der Waals surface area (Å²) >= 11 is 7.53. The van der Waals surface area contributed by atoms with E-state index in [1.54, 1.807) is 17.8 Å². The van der Waals surface area contributed by atoms with E-state index in [9.17, 15) is 9.59 Å². The number of anilines is 1. The van der Waals surface area contributed by atoms with Gasteiger partial charge < -0.3 is 15.7 Å². The number of nitrogens with one attached hydrogen (secondary N) is 2. The van der Waals surface area contributed by atoms with Gasteiger partial charge in [0.2, 0.25) is 0 Å². The van der Waals surface area contributed by atoms with Crippen molar-refractivity contribution in [2.75, 3.05) is 18.1 Å². The molecular weight excluding hydrogens is 312 g/mol. The highest BCUT2D eigenvalue weighted by molar-refractivity contribution is 8.00. The number of carboxylic acid groups (broad SMARTS) is 1. The summed E-state index contributed by atoms with van der Waals surface area (Å²) in [6, 6.07) is 3.94. The number of rotatable bonds is 5. The smallest absolute Gasteiger partial charge is 0.337 e. The lowest BCUT2D eigenvalue weighted by Crippen LogP contribution is -2.46. The number of benzene rings is 1. The Morgan fingerprint density at radius 2 is 2.14 bits per heavy atom. The van der Waals surface area contributed by atoms with Gasteiger partial charge in [-0.05, 0) is 37.3 Å². The molecule has 1 aromatic carbocycles. The fourth-order valence-corrected chi connectivity index (χ4v) is 3.32. The quantitative estimate of drug-likeness (QED) is 0.773. The highest BCUT2D eigenvalue weighted by Gasteiger charge is 2.36. The molecule has 21 heavy (non-hydrogen) atoms. The molecule has 0 bridgehead atoms. The zero-order valence-electron chi connectivity index (χ0n) is 11.6. The standard InChI is InChI=1S/C14H17ClN2O3S/c1-21-14(5-2-6-14)8-16-13(20)17-11-4-3-9(15)7-10(11)12(18)19/h3-4,7H,2,5-6,8H2,1H3,(H,18,19)(H2,16,17,20). The van der Waals surface area contributed by atoms with E-state index in [4.69, 9.17) is 16.7 Å². The summed E-state index contributed by atoms with van der Waals surface area (Å²) in [5, 5.41) is 14.8. The van der Waals surface area contributed by atoms with Gasteiger partial charge in [0.15, 0.2) is 0 Å². The number of hydrogen-bond acceptors (Lipinski definition) is 3. The van der Waals surface area contributed by atoms with Gasteiger partial charge in [-0.3, -0.25) is 0 Å². The minimum atomic E-state index is -1.13. The Labute approximate surface area is 132 Å². The minimum Gasteiger partial charge on any atom is -0.478 e. The second kappa shape index (κ2) is 6.58. The van der Waals surface area contributed by atoms with Crippen LogP contribution in [0.15, 0.2) is 18.2 Å². The molecule has 0 spiro atoms. The Hall–Kier alpha value is -1.40. The SMILES string of the molecule is CSC1(CNC(=O)Nc2ccc(Cl)cc2C(=O)O)CCC1. The Morgan fingerprint density at radius 3 is 2.67 bits per heavy atom. The molecule has 1 aliphatic carbocycles. The highest BCUT2D eigenvalue weighted by Crippen LogP contribution is 2.42. The first-order valence-electron chi connectivity index (χ1n) is 6.59. The molecule has 5 nitrogen and oxygen atoms in total. The largest absolute Gasteiger partial charge is 0.478 e. The lowest BCUT2D eigenvalue weighted by Gasteiger charge is -2.40. The van der Waals surface area contributed by atoms with E-state index in [1.165, 1.54) is 18.6 Å². The van der Waals surface area contributed by atoms with Crippen LogP contribution in [0.2, 0.25) is 5.02 Å². The normalized spacial score (nSPS) is 15.9. The fourth-order valence-electron chi connectivity index (χ4n) is 2.23. The monoisotopic (exact) mass is 328 g/mol. The number of aromatic carboxylic acids is 1. The number of halogens is 1. The van der Waals surface area contributed by atoms with Gasteiger partial charge in [0.1, 0.15) is 0 Å². The number of hydrogen-bond donors (Lipinski definition) is 3. The van der Waals surface area contributed by atoms with E-state index in [0.29, 0.717) is 11.6 Å². The third-order valence-corrected chi connectivity index (χ3v) is 5.38. The highest BCUT2D eigenvalue weighted by atomic mass is 35.5. The first-order valence-corrected chi connectivity index (χ1v) is 8.19. The predicted molar refractivity (Wildman–Crippen MR) is 85.5 cm³/mol. The van der Waals surface area contributed by atoms with E-state index in [-0.39, 0.29) is 16.0 Å². The second-order valence-electron chi connectivity index (χ2n) is 5.04. The van der Waals surface area contributed by atoms with Gasteiger partial charge in [0, 0.05) is 16.3 Å². The van der Waals surface area contributed by atoms with Gasteiger partial charge in [0.05, 0.1) is 11.3 Å². The summed E-state index contributed by atoms with van der Waals surface area (Å²) in [5.74, 6) is -1.13. The van der Waals surface area contributed by atoms with Crippen LogP contribution in [-0.2, 0) is 0 Å². The number of carboxylic acids is 1. The van der Waals surface area contributed by atoms with Crippen molar-refractivity contribution < 1.29 is 14.7 Å². The average Bonchev–Trinajstić information content (AvgIpc) is 2.40. The third kappa shape index (κ3) is 3.83. The summed E-state index contributed by atoms with van der Waals surface area (Å²) in [6.07, 6.45) is 5.41. The van der Waals surface area contributed by atoms with Crippen LogP contribution in [0.25, 0.3) is 0 Å². The van der Waals surface area contributed by atoms with Crippen molar-refractivity contribution in [2.24, 2.45) is 0 Å². The summed E-state index contributed by atoms with van der Waals surface area (Å²) in [7, 11) is 0. The topological polar surface area (TPSA) is 78.4 Å². The predicted octanol–water partition coefficient (Wildman–Crippen LogP) is 3.45. The Balaban J connectivity index is 1.98. The number of thioether (sulfide) groups is 1. The summed E-state index contributed by atoms with van der Waals surface area (Å²) in [5.41, 5.74) is 0.206. The molecule has 2 rings (SSSR count). The molecule has 0 heterocycles. The molecule has 0 atom stereocenters. The molecule has 0 unspecified atom stereocenters. The van der Waals surface area contributed by atoms with Crippen molar-refractivity contribution >= 4 is 41.1 Å². The van der Waals surface area contributed by atoms with Crippen LogP contribution in [0, 0.1) is 0 Å². The molecule has 1 aromatic rings. The molecule has 0 radical (unpaired) electrons. The lowest BCUT2D eigenvalue weighted by molar-refractivity contribution is 0.0698. The number of amides is 2. The van der Waals surface area contributed by atoms with E-state index >= 15 is 0 Å². The van der Waals surface area contributed by atoms with Crippen molar-refractivity contribution in [2.45, 2.75) is 24.0 Å². The lowest BCUT2D eigenvalue weighted by atomic mass is 9.84. The van der Waals surface area contributed by atoms with Crippen LogP contribution in [0.4, 0.5) is 10.5 Å². The number of carbonyl (C=O) groups excluding carboxylic acids is 1. The van der Waals surface area contributed by atoms with Crippen molar-refractivity contribution in [1.82, 2.24) is 5.32 Å². The molecular formula is C14H17ClN2O3S. The van der Waals surface area contributed by atoms with Gasteiger partial charge >= 0.3 is 12.0 Å². The Morgan fingerprint density at radius 1 is 1.43 bits per heavy atom. The molecule has 1 fully saturated rings. The molecule has 0 aromatic heterocycles. The molecule has 0 aliphatic heterocycles. The van der Waals surface area contributed by atoms with Crippen molar-refractivity contribution in [3.63, 3.8) is 0 Å². The number of urea groups is 1. The zero-order valence-corrected chi connectivity index (χ0v) is 13.2. The van der Waals surface area contributed by atoms with E-state index < -0.39 is 12.0 Å². The van der Waals surface area contributed by atoms with E-state index in [0.717, 1.165) is 12.8 Å². The molecule has 7 heteroatoms. The maximum Gasteiger partial charge on any atom is 0.337 e. The number of carbonyl (C=O) groups is 2. The fraction of sp³-hybridized carbons (Fsp3) is 0.429. The van der Waals surface area contributed by atoms with Crippen LogP contribution in [0.3, 0.4) is 0 Å². The Kier molecular flexibility index (Phi) is 5.00. The van der Waals surface area contributed by atoms with Crippen LogP contribution < -0.4 is 10.6 Å². The molecule has 114 valence electrons. The summed E-state index contributed by atoms with van der Waals surface area (Å²) in [6.45, 7) is 0.579. The summed E-state index contributed by atoms with van der Waals surface area (Å²) < 4.78 is 0.132. The molecule has 1 saturated carbocycles. The zero-order chi connectivity index (χ0) is 15.5. The van der Waals surface area contributed by atoms with E-state index in [2.05, 4.69) is 10.6 Å². The molecule has 3 N–H and O–H groups in total. The van der Waals surface area contributed by atoms with Crippen LogP contribution >= 0.6 is 23.4 Å². The summed E-state index contributed by atoms with van der Waals surface area (Å²) in [4.78, 5) is 23.1. The first kappa shape index (κ1) is 16.0. The van der Waals surface area contributed by atoms with Crippen molar-refractivity contribution in [3.8, 4) is 0 Å². The molecule has 1 aliphatic rings. The van der Waals surface area contributed by atoms with Crippen LogP contribution in [0.5, 0.6) is 0 Å². The van der Waals surface area contributed by atoms with Crippen LogP contribution in [0.1, 0.15) is 29.6 Å². The van der Waals surface area contributed by atoms with Gasteiger partial charge in [-0.2, -0.15) is 11.8 Å². The van der Waals surface area contributed by atoms with Crippen LogP contribution in [-0.4, -0.2) is 34.7 Å². The minimum absolute atomic E-state index is 0.0270. The van der Waals surface area contributed by atoms with Crippen molar-refractivity contribution in [1.29, 1.82) is 0 Å². The van der Waals surface area contributed by atoms with E-state index in [1.807, 2.05) is 6.26 Å². The third-order valence-electron chi connectivity index (χ3n) is 3.73. The maximum absolute atomic E-state index is 11.9. The van der Waals surface area contributed by atoms with Crippen molar-refractivity contribution in [3.05, 3.63) is 28.8 Å². The van der Waals surface area contributed by atoms with Gasteiger partial charge in [-0.1, -0.05) is 18.0 Å². The van der Waals surface area contributed by atoms with Gasteiger partial charge in [0.25, 0.3) is 0 Å². The van der Waals surface area contributed by atoms with Gasteiger partial charge in [-0.25, -0.2) is 9.59 Å². The average molecular weight is 329 g/mol. The molecule has 0 saturated heterocycles. The first-order chi connectivity index (χ1) is 9.96. The van der Waals surface area contributed by atoms with Gasteiger partial charge in [-0.15, -0.1) is 0 Å². The Bertz CT molecular complexity index is 556. The maximum atomic E-state index is 11.9. The second-order valence-corrected chi connectivity index (χ2v) is 6.75.